The molecule has 2 aromatic heterocycles. The second-order valence-corrected chi connectivity index (χ2v) is 12.3. The maximum Gasteiger partial charge on any atom is 0.416 e. The zero-order valence-electron chi connectivity index (χ0n) is 26.3. The third kappa shape index (κ3) is 8.63. The smallest absolute Gasteiger partial charge is 0.335 e. The van der Waals surface area contributed by atoms with Gasteiger partial charge in [-0.05, 0) is 62.2 Å². The predicted molar refractivity (Wildman–Crippen MR) is 172 cm³/mol. The summed E-state index contributed by atoms with van der Waals surface area (Å²) in [5.41, 5.74) is 2.43. The first-order chi connectivity index (χ1) is 22.5. The number of aromatic nitrogens is 4. The zero-order chi connectivity index (χ0) is 33.6. The fourth-order valence-electron chi connectivity index (χ4n) is 5.53. The van der Waals surface area contributed by atoms with Gasteiger partial charge >= 0.3 is 6.18 Å². The molecular formula is C34H36F4N6O2S. The highest BCUT2D eigenvalue weighted by atomic mass is 32.2. The van der Waals surface area contributed by atoms with Crippen molar-refractivity contribution in [1.29, 1.82) is 0 Å². The molecule has 1 aliphatic carbocycles. The second kappa shape index (κ2) is 15.2. The molecule has 1 amide bonds. The normalized spacial score (nSPS) is 12.8. The van der Waals surface area contributed by atoms with Crippen molar-refractivity contribution < 1.29 is 22.4 Å². The van der Waals surface area contributed by atoms with Crippen LogP contribution in [0.5, 0.6) is 0 Å². The molecule has 0 aliphatic heterocycles. The highest BCUT2D eigenvalue weighted by molar-refractivity contribution is 7.98. The molecule has 0 saturated heterocycles. The van der Waals surface area contributed by atoms with Crippen LogP contribution >= 0.6 is 11.8 Å². The number of benzene rings is 2. The summed E-state index contributed by atoms with van der Waals surface area (Å²) < 4.78 is 54.3. The van der Waals surface area contributed by atoms with Crippen LogP contribution in [0.1, 0.15) is 48.2 Å². The molecule has 0 radical (unpaired) electrons. The lowest BCUT2D eigenvalue weighted by Gasteiger charge is -2.28. The van der Waals surface area contributed by atoms with E-state index in [2.05, 4.69) is 33.7 Å². The van der Waals surface area contributed by atoms with Crippen LogP contribution in [0.4, 0.5) is 17.6 Å². The SMILES string of the molecule is CCN(CC)CCN(Cc1cnc(-c2ccc(C(F)(F)F)cc2)nc1)C(=O)Cn1c(SCc2ccc(F)cc2)nc(=O)c2c1CCC2. The van der Waals surface area contributed by atoms with Gasteiger partial charge in [0, 0.05) is 60.2 Å². The summed E-state index contributed by atoms with van der Waals surface area (Å²) in [5.74, 6) is 0.239. The fraction of sp³-hybridized carbons (Fsp3) is 0.382. The molecule has 248 valence electrons. The molecule has 2 aromatic carbocycles. The maximum absolute atomic E-state index is 14.1. The van der Waals surface area contributed by atoms with E-state index in [1.165, 1.54) is 36.0 Å². The number of carbonyl (C=O) groups is 1. The molecule has 2 heterocycles. The van der Waals surface area contributed by atoms with Crippen molar-refractivity contribution in [2.75, 3.05) is 26.2 Å². The van der Waals surface area contributed by atoms with Gasteiger partial charge in [0.25, 0.3) is 5.56 Å². The molecule has 8 nitrogen and oxygen atoms in total. The Morgan fingerprint density at radius 3 is 2.26 bits per heavy atom. The average Bonchev–Trinajstić information content (AvgIpc) is 3.57. The van der Waals surface area contributed by atoms with E-state index in [1.807, 2.05) is 4.57 Å². The summed E-state index contributed by atoms with van der Waals surface area (Å²) in [5, 5.41) is 0.446. The zero-order valence-corrected chi connectivity index (χ0v) is 27.1. The van der Waals surface area contributed by atoms with Crippen LogP contribution in [0.3, 0.4) is 0 Å². The number of rotatable bonds is 13. The Morgan fingerprint density at radius 1 is 0.936 bits per heavy atom. The van der Waals surface area contributed by atoms with Crippen molar-refractivity contribution in [3.05, 3.63) is 105 Å². The maximum atomic E-state index is 14.1. The van der Waals surface area contributed by atoms with Crippen LogP contribution < -0.4 is 5.56 Å². The lowest BCUT2D eigenvalue weighted by Crippen LogP contribution is -2.40. The highest BCUT2D eigenvalue weighted by Gasteiger charge is 2.30. The van der Waals surface area contributed by atoms with Crippen molar-refractivity contribution in [3.63, 3.8) is 0 Å². The van der Waals surface area contributed by atoms with E-state index < -0.39 is 11.7 Å². The lowest BCUT2D eigenvalue weighted by molar-refractivity contribution is -0.137. The quantitative estimate of drug-likeness (QED) is 0.0981. The van der Waals surface area contributed by atoms with E-state index >= 15 is 0 Å². The number of fused-ring (bicyclic) bond motifs is 1. The number of hydrogen-bond donors (Lipinski definition) is 0. The Bertz CT molecular complexity index is 1720. The van der Waals surface area contributed by atoms with Crippen LogP contribution in [-0.2, 0) is 42.7 Å². The fourth-order valence-corrected chi connectivity index (χ4v) is 6.50. The third-order valence-electron chi connectivity index (χ3n) is 8.26. The van der Waals surface area contributed by atoms with E-state index in [4.69, 9.17) is 0 Å². The van der Waals surface area contributed by atoms with Gasteiger partial charge in [-0.25, -0.2) is 14.4 Å². The Hall–Kier alpha value is -4.10. The Morgan fingerprint density at radius 2 is 1.62 bits per heavy atom. The first kappa shape index (κ1) is 34.2. The van der Waals surface area contributed by atoms with Gasteiger partial charge in [0.2, 0.25) is 5.91 Å². The second-order valence-electron chi connectivity index (χ2n) is 11.3. The van der Waals surface area contributed by atoms with Crippen LogP contribution in [0, 0.1) is 5.82 Å². The van der Waals surface area contributed by atoms with Gasteiger partial charge in [-0.3, -0.25) is 9.59 Å². The van der Waals surface area contributed by atoms with Crippen LogP contribution in [0.25, 0.3) is 11.4 Å². The number of nitrogens with zero attached hydrogens (tertiary/aromatic N) is 6. The van der Waals surface area contributed by atoms with Crippen molar-refractivity contribution in [2.24, 2.45) is 0 Å². The molecule has 0 unspecified atom stereocenters. The Kier molecular flexibility index (Phi) is 11.1. The highest BCUT2D eigenvalue weighted by Crippen LogP contribution is 2.30. The summed E-state index contributed by atoms with van der Waals surface area (Å²) in [7, 11) is 0. The first-order valence-corrected chi connectivity index (χ1v) is 16.5. The summed E-state index contributed by atoms with van der Waals surface area (Å²) in [6.45, 7) is 7.07. The van der Waals surface area contributed by atoms with Crippen molar-refractivity contribution in [3.8, 4) is 11.4 Å². The van der Waals surface area contributed by atoms with Crippen LogP contribution in [0.2, 0.25) is 0 Å². The van der Waals surface area contributed by atoms with Gasteiger partial charge < -0.3 is 14.4 Å². The van der Waals surface area contributed by atoms with E-state index in [0.717, 1.165) is 42.9 Å². The van der Waals surface area contributed by atoms with Gasteiger partial charge in [-0.15, -0.1) is 0 Å². The van der Waals surface area contributed by atoms with Crippen molar-refractivity contribution >= 4 is 17.7 Å². The minimum atomic E-state index is -4.43. The summed E-state index contributed by atoms with van der Waals surface area (Å²) in [4.78, 5) is 44.0. The molecule has 1 aliphatic rings. The molecule has 0 saturated carbocycles. The van der Waals surface area contributed by atoms with Gasteiger partial charge in [-0.2, -0.15) is 18.2 Å². The van der Waals surface area contributed by atoms with Gasteiger partial charge in [-0.1, -0.05) is 49.9 Å². The van der Waals surface area contributed by atoms with Gasteiger partial charge in [0.15, 0.2) is 11.0 Å². The number of carbonyl (C=O) groups excluding carboxylic acids is 1. The van der Waals surface area contributed by atoms with E-state index in [1.54, 1.807) is 29.4 Å². The number of likely N-dealkylation sites (N-methyl/N-ethyl adjacent to an activating group) is 1. The van der Waals surface area contributed by atoms with Crippen LogP contribution in [-0.4, -0.2) is 61.4 Å². The van der Waals surface area contributed by atoms with Gasteiger partial charge in [0.1, 0.15) is 12.4 Å². The van der Waals surface area contributed by atoms with Gasteiger partial charge in [0.05, 0.1) is 5.56 Å². The standard InChI is InChI=1S/C34H36F4N6O2S/c1-3-42(4-2)16-17-43(20-24-18-39-31(40-19-24)25-10-12-26(13-11-25)34(36,37)38)30(45)21-44-29-7-5-6-28(29)32(46)41-33(44)47-22-23-8-14-27(35)15-9-23/h8-15,18-19H,3-7,16-17,20-22H2,1-2H3. The van der Waals surface area contributed by atoms with Crippen molar-refractivity contribution in [2.45, 2.75) is 63.3 Å². The van der Waals surface area contributed by atoms with E-state index in [9.17, 15) is 27.2 Å². The number of halogens is 4. The van der Waals surface area contributed by atoms with E-state index in [-0.39, 0.29) is 36.2 Å². The minimum absolute atomic E-state index is 0.00981. The number of hydrogen-bond acceptors (Lipinski definition) is 7. The first-order valence-electron chi connectivity index (χ1n) is 15.5. The Balaban J connectivity index is 1.37. The molecule has 13 heteroatoms. The molecule has 0 bridgehead atoms. The third-order valence-corrected chi connectivity index (χ3v) is 9.31. The largest absolute Gasteiger partial charge is 0.416 e. The van der Waals surface area contributed by atoms with Crippen molar-refractivity contribution in [1.82, 2.24) is 29.3 Å². The predicted octanol–water partition coefficient (Wildman–Crippen LogP) is 6.01. The lowest BCUT2D eigenvalue weighted by atomic mass is 10.1. The van der Waals surface area contributed by atoms with Crippen LogP contribution in [0.15, 0.2) is 70.9 Å². The number of amides is 1. The monoisotopic (exact) mass is 668 g/mol. The molecule has 0 atom stereocenters. The molecule has 5 rings (SSSR count). The summed E-state index contributed by atoms with van der Waals surface area (Å²) >= 11 is 1.34. The average molecular weight is 669 g/mol. The minimum Gasteiger partial charge on any atom is -0.335 e. The van der Waals surface area contributed by atoms with E-state index in [0.29, 0.717) is 53.5 Å². The Labute approximate surface area is 274 Å². The molecule has 4 aromatic rings. The molecule has 0 fully saturated rings. The number of alkyl halides is 3. The number of thioether (sulfide) groups is 1. The molecule has 0 N–H and O–H groups in total. The summed E-state index contributed by atoms with van der Waals surface area (Å²) in [6.07, 6.45) is 0.828. The topological polar surface area (TPSA) is 84.2 Å². The molecular weight excluding hydrogens is 632 g/mol. The molecule has 0 spiro atoms. The molecule has 47 heavy (non-hydrogen) atoms. The summed E-state index contributed by atoms with van der Waals surface area (Å²) in [6, 6.07) is 10.8.